The molecular formula is C16H26BNO4S. The third-order valence-corrected chi connectivity index (χ3v) is 5.10. The minimum absolute atomic E-state index is 0.217. The molecule has 0 aliphatic carbocycles. The van der Waals surface area contributed by atoms with Crippen molar-refractivity contribution in [1.82, 2.24) is 4.72 Å². The number of benzene rings is 1. The fraction of sp³-hybridized carbons (Fsp3) is 0.625. The van der Waals surface area contributed by atoms with Crippen molar-refractivity contribution < 1.29 is 18.1 Å². The number of hydrogen-bond donors (Lipinski definition) is 2. The first-order valence-electron chi connectivity index (χ1n) is 7.90. The summed E-state index contributed by atoms with van der Waals surface area (Å²) in [5, 5.41) is 0. The zero-order valence-corrected chi connectivity index (χ0v) is 15.3. The normalized spacial score (nSPS) is 22.1. The third-order valence-electron chi connectivity index (χ3n) is 4.69. The Hall–Kier alpha value is -0.725. The first kappa shape index (κ1) is 18.6. The topological polar surface area (TPSA) is 67.8 Å². The van der Waals surface area contributed by atoms with Crippen LogP contribution in [0.25, 0.3) is 0 Å². The van der Waals surface area contributed by atoms with E-state index in [0.717, 1.165) is 17.4 Å². The molecule has 0 radical (unpaired) electrons. The van der Waals surface area contributed by atoms with Gasteiger partial charge in [-0.05, 0) is 51.1 Å². The lowest BCUT2D eigenvalue weighted by molar-refractivity contribution is 0.00578. The van der Waals surface area contributed by atoms with Crippen LogP contribution in [0.2, 0.25) is 0 Å². The summed E-state index contributed by atoms with van der Waals surface area (Å²) in [7, 11) is -0.386. The molecule has 0 spiro atoms. The van der Waals surface area contributed by atoms with Gasteiger partial charge in [-0.15, -0.1) is 0 Å². The van der Waals surface area contributed by atoms with Gasteiger partial charge in [0.05, 0.1) is 11.2 Å². The highest BCUT2D eigenvalue weighted by Crippen LogP contribution is 2.36. The van der Waals surface area contributed by atoms with Gasteiger partial charge in [0, 0.05) is 6.54 Å². The molecule has 1 saturated heterocycles. The largest absolute Gasteiger partial charge is 0.495 e. The second kappa shape index (κ2) is 7.03. The van der Waals surface area contributed by atoms with Gasteiger partial charge in [-0.2, -0.15) is 0 Å². The Bertz CT molecular complexity index is 563. The first-order chi connectivity index (χ1) is 10.6. The molecule has 2 unspecified atom stereocenters. The zero-order chi connectivity index (χ0) is 17.3. The maximum Gasteiger partial charge on any atom is 0.495 e. The molecule has 1 aliphatic rings. The molecule has 1 aliphatic heterocycles. The van der Waals surface area contributed by atoms with Crippen LogP contribution in [0.15, 0.2) is 24.3 Å². The summed E-state index contributed by atoms with van der Waals surface area (Å²) in [6.07, 6.45) is 0.782. The minimum Gasteiger partial charge on any atom is -0.399 e. The Kier molecular flexibility index (Phi) is 5.69. The minimum atomic E-state index is -1.97. The highest BCUT2D eigenvalue weighted by atomic mass is 32.2. The van der Waals surface area contributed by atoms with E-state index < -0.39 is 11.3 Å². The Morgan fingerprint density at radius 3 is 2.35 bits per heavy atom. The molecule has 5 nitrogen and oxygen atoms in total. The molecule has 0 aromatic heterocycles. The van der Waals surface area contributed by atoms with Crippen molar-refractivity contribution in [2.75, 3.05) is 6.54 Å². The van der Waals surface area contributed by atoms with Crippen LogP contribution in [0.1, 0.15) is 40.2 Å². The van der Waals surface area contributed by atoms with Crippen molar-refractivity contribution in [2.45, 2.75) is 52.2 Å². The van der Waals surface area contributed by atoms with Gasteiger partial charge in [0.1, 0.15) is 0 Å². The van der Waals surface area contributed by atoms with Gasteiger partial charge in [0.15, 0.2) is 0 Å². The Morgan fingerprint density at radius 2 is 1.78 bits per heavy atom. The van der Waals surface area contributed by atoms with Crippen LogP contribution in [0, 0.1) is 5.92 Å². The highest BCUT2D eigenvalue weighted by Gasteiger charge is 2.52. The van der Waals surface area contributed by atoms with Crippen molar-refractivity contribution in [3.05, 3.63) is 29.8 Å². The molecule has 0 amide bonds. The van der Waals surface area contributed by atoms with E-state index >= 15 is 0 Å². The van der Waals surface area contributed by atoms with E-state index in [2.05, 4.69) is 10.8 Å². The van der Waals surface area contributed by atoms with Gasteiger partial charge in [0.2, 0.25) is 11.3 Å². The van der Waals surface area contributed by atoms with Crippen molar-refractivity contribution in [1.29, 1.82) is 0 Å². The SMILES string of the molecule is CC(CNS(=O)O)Cc1ccccc1B1OC(C)(C)C(C)(C)O1. The Morgan fingerprint density at radius 1 is 1.22 bits per heavy atom. The quantitative estimate of drug-likeness (QED) is 0.614. The molecule has 0 saturated carbocycles. The summed E-state index contributed by atoms with van der Waals surface area (Å²) in [6.45, 7) is 10.7. The van der Waals surface area contributed by atoms with Crippen molar-refractivity contribution in [2.24, 2.45) is 5.92 Å². The monoisotopic (exact) mass is 339 g/mol. The van der Waals surface area contributed by atoms with Crippen molar-refractivity contribution >= 4 is 23.8 Å². The van der Waals surface area contributed by atoms with Gasteiger partial charge in [-0.25, -0.2) is 8.93 Å². The summed E-state index contributed by atoms with van der Waals surface area (Å²) in [6, 6.07) is 8.07. The van der Waals surface area contributed by atoms with E-state index in [4.69, 9.17) is 13.9 Å². The Balaban J connectivity index is 2.14. The second-order valence-corrected chi connectivity index (χ2v) is 7.98. The van der Waals surface area contributed by atoms with Crippen molar-refractivity contribution in [3.63, 3.8) is 0 Å². The molecule has 2 N–H and O–H groups in total. The number of hydrogen-bond acceptors (Lipinski definition) is 3. The molecule has 1 fully saturated rings. The zero-order valence-electron chi connectivity index (χ0n) is 14.5. The van der Waals surface area contributed by atoms with E-state index in [1.54, 1.807) is 0 Å². The average molecular weight is 339 g/mol. The van der Waals surface area contributed by atoms with Gasteiger partial charge < -0.3 is 9.31 Å². The van der Waals surface area contributed by atoms with Crippen LogP contribution in [0.4, 0.5) is 0 Å². The molecule has 7 heteroatoms. The van der Waals surface area contributed by atoms with Crippen LogP contribution >= 0.6 is 0 Å². The maximum atomic E-state index is 10.7. The van der Waals surface area contributed by atoms with E-state index in [0.29, 0.717) is 6.54 Å². The standard InChI is InChI=1S/C16H26BNO4S/c1-12(11-18-23(19)20)10-13-8-6-7-9-14(13)17-21-15(2,3)16(4,5)22-17/h6-9,12,18H,10-11H2,1-5H3,(H,19,20). The van der Waals surface area contributed by atoms with Gasteiger partial charge in [-0.3, -0.25) is 4.55 Å². The van der Waals surface area contributed by atoms with E-state index in [1.807, 2.05) is 52.8 Å². The molecule has 1 aromatic rings. The number of nitrogens with one attached hydrogen (secondary N) is 1. The summed E-state index contributed by atoms with van der Waals surface area (Å²) < 4.78 is 34.4. The molecule has 2 atom stereocenters. The van der Waals surface area contributed by atoms with Gasteiger partial charge in [0.25, 0.3) is 0 Å². The fourth-order valence-electron chi connectivity index (χ4n) is 2.58. The third kappa shape index (κ3) is 4.42. The van der Waals surface area contributed by atoms with E-state index in [-0.39, 0.29) is 24.2 Å². The van der Waals surface area contributed by atoms with Crippen LogP contribution in [0.3, 0.4) is 0 Å². The van der Waals surface area contributed by atoms with E-state index in [1.165, 1.54) is 0 Å². The fourth-order valence-corrected chi connectivity index (χ4v) is 3.01. The predicted octanol–water partition coefficient (Wildman–Crippen LogP) is 1.89. The smallest absolute Gasteiger partial charge is 0.399 e. The van der Waals surface area contributed by atoms with Crippen LogP contribution in [-0.2, 0) is 27.0 Å². The maximum absolute atomic E-state index is 10.7. The predicted molar refractivity (Wildman–Crippen MR) is 93.8 cm³/mol. The van der Waals surface area contributed by atoms with E-state index in [9.17, 15) is 4.21 Å². The molecule has 0 bridgehead atoms. The molecule has 1 heterocycles. The molecule has 1 aromatic carbocycles. The van der Waals surface area contributed by atoms with Crippen LogP contribution in [-0.4, -0.2) is 33.6 Å². The summed E-state index contributed by atoms with van der Waals surface area (Å²) in [5.41, 5.74) is 1.43. The second-order valence-electron chi connectivity index (χ2n) is 7.19. The number of rotatable bonds is 6. The lowest BCUT2D eigenvalue weighted by Gasteiger charge is -2.32. The lowest BCUT2D eigenvalue weighted by atomic mass is 9.74. The molecule has 23 heavy (non-hydrogen) atoms. The lowest BCUT2D eigenvalue weighted by Crippen LogP contribution is -2.41. The highest BCUT2D eigenvalue weighted by molar-refractivity contribution is 7.77. The van der Waals surface area contributed by atoms with Crippen LogP contribution < -0.4 is 10.2 Å². The van der Waals surface area contributed by atoms with Crippen molar-refractivity contribution in [3.8, 4) is 0 Å². The first-order valence-corrected chi connectivity index (χ1v) is 9.01. The summed E-state index contributed by atoms with van der Waals surface area (Å²) >= 11 is -1.97. The molecule has 2 rings (SSSR count). The van der Waals surface area contributed by atoms with Gasteiger partial charge in [-0.1, -0.05) is 31.2 Å². The molecular weight excluding hydrogens is 313 g/mol. The van der Waals surface area contributed by atoms with Gasteiger partial charge >= 0.3 is 7.12 Å². The summed E-state index contributed by atoms with van der Waals surface area (Å²) in [5.74, 6) is 0.217. The summed E-state index contributed by atoms with van der Waals surface area (Å²) in [4.78, 5) is 0. The molecule has 128 valence electrons. The average Bonchev–Trinajstić information content (AvgIpc) is 2.65. The Labute approximate surface area is 141 Å². The van der Waals surface area contributed by atoms with Crippen LogP contribution in [0.5, 0.6) is 0 Å².